The van der Waals surface area contributed by atoms with E-state index in [1.54, 1.807) is 6.07 Å². The van der Waals surface area contributed by atoms with Gasteiger partial charge in [-0.05, 0) is 25.0 Å². The summed E-state index contributed by atoms with van der Waals surface area (Å²) in [5.41, 5.74) is 0. The Labute approximate surface area is 118 Å². The van der Waals surface area contributed by atoms with Crippen LogP contribution in [0.3, 0.4) is 0 Å². The molecule has 4 N–H and O–H groups in total. The van der Waals surface area contributed by atoms with Crippen LogP contribution in [0.1, 0.15) is 22.5 Å². The number of thiophene rings is 1. The number of carbonyl (C=O) groups is 3. The Hall–Kier alpha value is -1.93. The van der Waals surface area contributed by atoms with Crippen LogP contribution in [-0.4, -0.2) is 40.6 Å². The highest BCUT2D eigenvalue weighted by molar-refractivity contribution is 7.18. The first kappa shape index (κ1) is 14.5. The Balaban J connectivity index is 1.85. The standard InChI is InChI=1S/C12H14N2O5S/c15-7(12(18)19)5-13-11(17)8-3-4-9(20-8)14-10(16)6-1-2-6/h3-4,6-7,15H,1-2,5H2,(H,13,17)(H,14,16)(H,18,19). The first-order valence-corrected chi connectivity index (χ1v) is 6.89. The van der Waals surface area contributed by atoms with Crippen LogP contribution in [0.15, 0.2) is 12.1 Å². The molecular formula is C12H14N2O5S. The molecule has 1 aromatic rings. The van der Waals surface area contributed by atoms with Crippen LogP contribution >= 0.6 is 11.3 Å². The van der Waals surface area contributed by atoms with Gasteiger partial charge in [0.2, 0.25) is 5.91 Å². The lowest BCUT2D eigenvalue weighted by atomic mass is 10.3. The Bertz CT molecular complexity index is 538. The maximum absolute atomic E-state index is 11.7. The molecular weight excluding hydrogens is 284 g/mol. The van der Waals surface area contributed by atoms with Gasteiger partial charge in [0, 0.05) is 5.92 Å². The first-order chi connectivity index (χ1) is 9.47. The van der Waals surface area contributed by atoms with Crippen molar-refractivity contribution >= 4 is 34.1 Å². The zero-order valence-electron chi connectivity index (χ0n) is 10.5. The number of hydrogen-bond acceptors (Lipinski definition) is 5. The lowest BCUT2D eigenvalue weighted by Gasteiger charge is -2.06. The van der Waals surface area contributed by atoms with Crippen molar-refractivity contribution in [1.82, 2.24) is 5.32 Å². The summed E-state index contributed by atoms with van der Waals surface area (Å²) in [5.74, 6) is -1.84. The number of rotatable bonds is 6. The quantitative estimate of drug-likeness (QED) is 0.601. The molecule has 2 rings (SSSR count). The third-order valence-electron chi connectivity index (χ3n) is 2.77. The van der Waals surface area contributed by atoms with E-state index in [9.17, 15) is 14.4 Å². The van der Waals surface area contributed by atoms with E-state index in [4.69, 9.17) is 10.2 Å². The summed E-state index contributed by atoms with van der Waals surface area (Å²) in [4.78, 5) is 34.0. The average molecular weight is 298 g/mol. The number of aliphatic hydroxyl groups is 1. The normalized spacial score (nSPS) is 15.4. The van der Waals surface area contributed by atoms with Gasteiger partial charge in [0.1, 0.15) is 0 Å². The minimum atomic E-state index is -1.63. The minimum absolute atomic E-state index is 0.0416. The number of aliphatic hydroxyl groups excluding tert-OH is 1. The molecule has 0 radical (unpaired) electrons. The summed E-state index contributed by atoms with van der Waals surface area (Å²) >= 11 is 1.10. The van der Waals surface area contributed by atoms with Crippen molar-refractivity contribution < 1.29 is 24.6 Å². The molecule has 2 amide bonds. The third-order valence-corrected chi connectivity index (χ3v) is 3.76. The molecule has 0 aliphatic heterocycles. The summed E-state index contributed by atoms with van der Waals surface area (Å²) in [7, 11) is 0. The van der Waals surface area contributed by atoms with Crippen molar-refractivity contribution in [2.75, 3.05) is 11.9 Å². The van der Waals surface area contributed by atoms with Crippen molar-refractivity contribution in [1.29, 1.82) is 0 Å². The van der Waals surface area contributed by atoms with E-state index in [2.05, 4.69) is 10.6 Å². The number of carboxylic acids is 1. The largest absolute Gasteiger partial charge is 0.479 e. The number of aliphatic carboxylic acids is 1. The fourth-order valence-electron chi connectivity index (χ4n) is 1.46. The van der Waals surface area contributed by atoms with Gasteiger partial charge >= 0.3 is 5.97 Å². The molecule has 20 heavy (non-hydrogen) atoms. The molecule has 1 heterocycles. The lowest BCUT2D eigenvalue weighted by Crippen LogP contribution is -2.36. The van der Waals surface area contributed by atoms with E-state index >= 15 is 0 Å². The Morgan fingerprint density at radius 2 is 2.05 bits per heavy atom. The van der Waals surface area contributed by atoms with Crippen LogP contribution < -0.4 is 10.6 Å². The maximum atomic E-state index is 11.7. The van der Waals surface area contributed by atoms with E-state index in [1.165, 1.54) is 6.07 Å². The first-order valence-electron chi connectivity index (χ1n) is 6.07. The van der Waals surface area contributed by atoms with Crippen LogP contribution in [0.5, 0.6) is 0 Å². The SMILES string of the molecule is O=C(NCC(O)C(=O)O)c1ccc(NC(=O)C2CC2)s1. The Morgan fingerprint density at radius 1 is 1.35 bits per heavy atom. The summed E-state index contributed by atoms with van der Waals surface area (Å²) in [6.45, 7) is -0.365. The summed E-state index contributed by atoms with van der Waals surface area (Å²) in [5, 5.41) is 23.1. The van der Waals surface area contributed by atoms with Crippen LogP contribution in [0.4, 0.5) is 5.00 Å². The van der Waals surface area contributed by atoms with E-state index in [0.717, 1.165) is 24.2 Å². The third kappa shape index (κ3) is 3.78. The van der Waals surface area contributed by atoms with Crippen molar-refractivity contribution in [2.24, 2.45) is 5.92 Å². The highest BCUT2D eigenvalue weighted by atomic mass is 32.1. The molecule has 1 saturated carbocycles. The molecule has 108 valence electrons. The second-order valence-corrected chi connectivity index (χ2v) is 5.58. The monoisotopic (exact) mass is 298 g/mol. The second-order valence-electron chi connectivity index (χ2n) is 4.49. The molecule has 1 aromatic heterocycles. The number of carbonyl (C=O) groups excluding carboxylic acids is 2. The molecule has 0 aromatic carbocycles. The van der Waals surface area contributed by atoms with Gasteiger partial charge in [-0.1, -0.05) is 0 Å². The highest BCUT2D eigenvalue weighted by Crippen LogP contribution is 2.31. The van der Waals surface area contributed by atoms with Gasteiger partial charge in [-0.2, -0.15) is 0 Å². The molecule has 8 heteroatoms. The van der Waals surface area contributed by atoms with Crippen LogP contribution in [0.25, 0.3) is 0 Å². The fourth-order valence-corrected chi connectivity index (χ4v) is 2.29. The van der Waals surface area contributed by atoms with E-state index in [-0.39, 0.29) is 18.4 Å². The average Bonchev–Trinajstić information content (AvgIpc) is 3.16. The van der Waals surface area contributed by atoms with Crippen molar-refractivity contribution in [3.8, 4) is 0 Å². The van der Waals surface area contributed by atoms with Crippen LogP contribution in [0, 0.1) is 5.92 Å². The van der Waals surface area contributed by atoms with Crippen LogP contribution in [-0.2, 0) is 9.59 Å². The zero-order valence-corrected chi connectivity index (χ0v) is 11.3. The topological polar surface area (TPSA) is 116 Å². The number of hydrogen-bond donors (Lipinski definition) is 4. The van der Waals surface area contributed by atoms with Gasteiger partial charge < -0.3 is 20.8 Å². The number of amides is 2. The zero-order chi connectivity index (χ0) is 14.7. The lowest BCUT2D eigenvalue weighted by molar-refractivity contribution is -0.146. The fraction of sp³-hybridized carbons (Fsp3) is 0.417. The van der Waals surface area contributed by atoms with E-state index < -0.39 is 18.0 Å². The van der Waals surface area contributed by atoms with Gasteiger partial charge in [-0.3, -0.25) is 9.59 Å². The van der Waals surface area contributed by atoms with Gasteiger partial charge in [0.25, 0.3) is 5.91 Å². The van der Waals surface area contributed by atoms with Crippen molar-refractivity contribution in [3.63, 3.8) is 0 Å². The smallest absolute Gasteiger partial charge is 0.334 e. The minimum Gasteiger partial charge on any atom is -0.479 e. The molecule has 0 saturated heterocycles. The van der Waals surface area contributed by atoms with Gasteiger partial charge in [-0.15, -0.1) is 11.3 Å². The number of carboxylic acid groups (broad SMARTS) is 1. The Morgan fingerprint density at radius 3 is 2.65 bits per heavy atom. The Kier molecular flexibility index (Phi) is 4.35. The molecule has 0 spiro atoms. The molecule has 1 aliphatic rings. The van der Waals surface area contributed by atoms with Gasteiger partial charge in [-0.25, -0.2) is 4.79 Å². The highest BCUT2D eigenvalue weighted by Gasteiger charge is 2.29. The molecule has 1 unspecified atom stereocenters. The number of anilines is 1. The summed E-state index contributed by atoms with van der Waals surface area (Å²) < 4.78 is 0. The molecule has 1 aliphatic carbocycles. The van der Waals surface area contributed by atoms with Crippen LogP contribution in [0.2, 0.25) is 0 Å². The van der Waals surface area contributed by atoms with Crippen molar-refractivity contribution in [2.45, 2.75) is 18.9 Å². The molecule has 1 fully saturated rings. The van der Waals surface area contributed by atoms with Crippen molar-refractivity contribution in [3.05, 3.63) is 17.0 Å². The maximum Gasteiger partial charge on any atom is 0.334 e. The predicted molar refractivity (Wildman–Crippen MR) is 71.6 cm³/mol. The molecule has 0 bridgehead atoms. The molecule has 1 atom stereocenters. The summed E-state index contributed by atoms with van der Waals surface area (Å²) in [6, 6.07) is 3.16. The van der Waals surface area contributed by atoms with Gasteiger partial charge in [0.05, 0.1) is 16.4 Å². The van der Waals surface area contributed by atoms with Gasteiger partial charge in [0.15, 0.2) is 6.10 Å². The number of nitrogens with one attached hydrogen (secondary N) is 2. The van der Waals surface area contributed by atoms with E-state index in [0.29, 0.717) is 9.88 Å². The predicted octanol–water partition coefficient (Wildman–Crippen LogP) is 0.272. The second kappa shape index (κ2) is 6.02. The summed E-state index contributed by atoms with van der Waals surface area (Å²) in [6.07, 6.45) is 0.169. The van der Waals surface area contributed by atoms with E-state index in [1.807, 2.05) is 0 Å². The molecule has 7 nitrogen and oxygen atoms in total.